The number of para-hydroxylation sites is 1. The van der Waals surface area contributed by atoms with Gasteiger partial charge in [-0.2, -0.15) is 0 Å². The molecule has 1 N–H and O–H groups in total. The highest BCUT2D eigenvalue weighted by Gasteiger charge is 2.28. The van der Waals surface area contributed by atoms with Crippen molar-refractivity contribution in [3.05, 3.63) is 59.2 Å². The van der Waals surface area contributed by atoms with Gasteiger partial charge < -0.3 is 10.1 Å². The largest absolute Gasteiger partial charge is 0.469 e. The van der Waals surface area contributed by atoms with Gasteiger partial charge in [-0.25, -0.2) is 8.42 Å². The fourth-order valence-corrected chi connectivity index (χ4v) is 4.76. The molecule has 1 amide bonds. The highest BCUT2D eigenvalue weighted by Crippen LogP contribution is 2.27. The molecule has 1 aliphatic heterocycles. The number of ether oxygens (including phenoxy) is 1. The summed E-state index contributed by atoms with van der Waals surface area (Å²) in [4.78, 5) is 24.3. The maximum absolute atomic E-state index is 12.7. The Morgan fingerprint density at radius 3 is 2.57 bits per heavy atom. The van der Waals surface area contributed by atoms with E-state index in [1.165, 1.54) is 11.4 Å². The molecule has 0 radical (unpaired) electrons. The molecular formula is C20H22N2O5S. The summed E-state index contributed by atoms with van der Waals surface area (Å²) in [5.74, 6) is -0.578. The Hall–Kier alpha value is -2.87. The smallest absolute Gasteiger partial charge is 0.310 e. The predicted molar refractivity (Wildman–Crippen MR) is 107 cm³/mol. The third-order valence-electron chi connectivity index (χ3n) is 4.67. The zero-order chi connectivity index (χ0) is 20.3. The van der Waals surface area contributed by atoms with Gasteiger partial charge in [-0.15, -0.1) is 0 Å². The number of nitrogens with one attached hydrogen (secondary N) is 1. The van der Waals surface area contributed by atoms with Crippen molar-refractivity contribution >= 4 is 33.3 Å². The molecule has 7 nitrogen and oxygen atoms in total. The van der Waals surface area contributed by atoms with Gasteiger partial charge in [0.25, 0.3) is 5.91 Å². The minimum absolute atomic E-state index is 0.0533. The van der Waals surface area contributed by atoms with E-state index in [2.05, 4.69) is 5.32 Å². The number of nitrogens with zero attached hydrogens (tertiary/aromatic N) is 1. The quantitative estimate of drug-likeness (QED) is 0.776. The average Bonchev–Trinajstić information content (AvgIpc) is 3.02. The number of carbonyl (C=O) groups excluding carboxylic acids is 2. The first-order chi connectivity index (χ1) is 13.3. The number of anilines is 2. The molecule has 2 aromatic carbocycles. The van der Waals surface area contributed by atoms with E-state index in [1.54, 1.807) is 49.4 Å². The molecule has 1 saturated heterocycles. The van der Waals surface area contributed by atoms with Crippen molar-refractivity contribution in [2.75, 3.05) is 29.0 Å². The number of esters is 1. The molecule has 1 aliphatic rings. The van der Waals surface area contributed by atoms with Crippen LogP contribution in [0.5, 0.6) is 0 Å². The summed E-state index contributed by atoms with van der Waals surface area (Å²) in [5.41, 5.74) is 2.86. The van der Waals surface area contributed by atoms with E-state index < -0.39 is 16.0 Å². The van der Waals surface area contributed by atoms with Gasteiger partial charge in [0.15, 0.2) is 0 Å². The van der Waals surface area contributed by atoms with E-state index in [4.69, 9.17) is 4.74 Å². The van der Waals surface area contributed by atoms with Gasteiger partial charge in [0.05, 0.1) is 25.0 Å². The number of amides is 1. The van der Waals surface area contributed by atoms with E-state index in [9.17, 15) is 18.0 Å². The first-order valence-corrected chi connectivity index (χ1v) is 10.5. The minimum Gasteiger partial charge on any atom is -0.469 e. The van der Waals surface area contributed by atoms with Crippen LogP contribution in [0.2, 0.25) is 0 Å². The lowest BCUT2D eigenvalue weighted by Gasteiger charge is -2.18. The van der Waals surface area contributed by atoms with Gasteiger partial charge in [-0.3, -0.25) is 13.9 Å². The van der Waals surface area contributed by atoms with Gasteiger partial charge in [-0.05, 0) is 48.7 Å². The van der Waals surface area contributed by atoms with E-state index >= 15 is 0 Å². The van der Waals surface area contributed by atoms with Gasteiger partial charge in [0.1, 0.15) is 0 Å². The maximum Gasteiger partial charge on any atom is 0.310 e. The van der Waals surface area contributed by atoms with Crippen LogP contribution < -0.4 is 9.62 Å². The van der Waals surface area contributed by atoms with Crippen LogP contribution in [0.3, 0.4) is 0 Å². The summed E-state index contributed by atoms with van der Waals surface area (Å²) < 4.78 is 30.3. The molecule has 28 heavy (non-hydrogen) atoms. The van der Waals surface area contributed by atoms with Crippen LogP contribution in [0.25, 0.3) is 0 Å². The molecule has 0 aliphatic carbocycles. The number of benzene rings is 2. The normalized spacial score (nSPS) is 15.3. The monoisotopic (exact) mass is 402 g/mol. The van der Waals surface area contributed by atoms with Crippen molar-refractivity contribution < 1.29 is 22.7 Å². The second-order valence-corrected chi connectivity index (χ2v) is 8.62. The van der Waals surface area contributed by atoms with E-state index in [0.29, 0.717) is 41.0 Å². The molecule has 0 saturated carbocycles. The van der Waals surface area contributed by atoms with Crippen LogP contribution in [0.4, 0.5) is 11.4 Å². The fraction of sp³-hybridized carbons (Fsp3) is 0.300. The van der Waals surface area contributed by atoms with Crippen LogP contribution in [-0.2, 0) is 26.0 Å². The van der Waals surface area contributed by atoms with Crippen molar-refractivity contribution in [2.45, 2.75) is 19.8 Å². The van der Waals surface area contributed by atoms with Crippen LogP contribution >= 0.6 is 0 Å². The summed E-state index contributed by atoms with van der Waals surface area (Å²) in [6.45, 7) is 2.22. The lowest BCUT2D eigenvalue weighted by Crippen LogP contribution is -2.25. The first-order valence-electron chi connectivity index (χ1n) is 8.89. The summed E-state index contributed by atoms with van der Waals surface area (Å²) in [6.07, 6.45) is 0.651. The number of rotatable bonds is 5. The molecule has 0 bridgehead atoms. The van der Waals surface area contributed by atoms with Crippen molar-refractivity contribution in [1.29, 1.82) is 0 Å². The SMILES string of the molecule is COC(=O)Cc1ccccc1NC(=O)c1ccc(N2CCCS2(=O)=O)cc1C. The lowest BCUT2D eigenvalue weighted by molar-refractivity contribution is -0.139. The standard InChI is InChI=1S/C20H22N2O5S/c1-14-12-16(22-10-5-11-28(22,25)26)8-9-17(14)20(24)21-18-7-4-3-6-15(18)13-19(23)27-2/h3-4,6-9,12H,5,10-11,13H2,1-2H3,(H,21,24). The van der Waals surface area contributed by atoms with Gasteiger partial charge >= 0.3 is 5.97 Å². The fourth-order valence-electron chi connectivity index (χ4n) is 3.20. The molecule has 0 spiro atoms. The molecule has 0 atom stereocenters. The molecule has 8 heteroatoms. The molecule has 3 rings (SSSR count). The molecule has 1 heterocycles. The Bertz CT molecular complexity index is 1020. The molecule has 1 fully saturated rings. The molecule has 2 aromatic rings. The Labute approximate surface area is 164 Å². The number of carbonyl (C=O) groups is 2. The maximum atomic E-state index is 12.7. The Kier molecular flexibility index (Phi) is 5.69. The van der Waals surface area contributed by atoms with E-state index in [1.807, 2.05) is 0 Å². The number of hydrogen-bond donors (Lipinski definition) is 1. The molecule has 0 unspecified atom stereocenters. The lowest BCUT2D eigenvalue weighted by atomic mass is 10.1. The van der Waals surface area contributed by atoms with Crippen LogP contribution in [0.1, 0.15) is 27.9 Å². The number of hydrogen-bond acceptors (Lipinski definition) is 5. The topological polar surface area (TPSA) is 92.8 Å². The van der Waals surface area contributed by atoms with Crippen molar-refractivity contribution in [2.24, 2.45) is 0 Å². The van der Waals surface area contributed by atoms with Crippen LogP contribution in [0.15, 0.2) is 42.5 Å². The van der Waals surface area contributed by atoms with Gasteiger partial charge in [0, 0.05) is 17.8 Å². The summed E-state index contributed by atoms with van der Waals surface area (Å²) in [7, 11) is -1.95. The van der Waals surface area contributed by atoms with Crippen molar-refractivity contribution in [3.63, 3.8) is 0 Å². The number of sulfonamides is 1. The second-order valence-electron chi connectivity index (χ2n) is 6.61. The number of aryl methyl sites for hydroxylation is 1. The highest BCUT2D eigenvalue weighted by atomic mass is 32.2. The summed E-state index contributed by atoms with van der Waals surface area (Å²) in [6, 6.07) is 12.0. The molecule has 0 aromatic heterocycles. The zero-order valence-electron chi connectivity index (χ0n) is 15.8. The highest BCUT2D eigenvalue weighted by molar-refractivity contribution is 7.93. The minimum atomic E-state index is -3.27. The first kappa shape index (κ1) is 19.9. The zero-order valence-corrected chi connectivity index (χ0v) is 16.6. The van der Waals surface area contributed by atoms with Crippen LogP contribution in [0, 0.1) is 6.92 Å². The van der Waals surface area contributed by atoms with Crippen molar-refractivity contribution in [1.82, 2.24) is 0 Å². The molecule has 148 valence electrons. The second kappa shape index (κ2) is 8.02. The Balaban J connectivity index is 1.82. The third kappa shape index (κ3) is 4.17. The van der Waals surface area contributed by atoms with Crippen LogP contribution in [-0.4, -0.2) is 39.7 Å². The number of methoxy groups -OCH3 is 1. The Morgan fingerprint density at radius 1 is 1.18 bits per heavy atom. The van der Waals surface area contributed by atoms with E-state index in [0.717, 1.165) is 0 Å². The predicted octanol–water partition coefficient (Wildman–Crippen LogP) is 2.50. The molecular weight excluding hydrogens is 380 g/mol. The third-order valence-corrected chi connectivity index (χ3v) is 6.54. The summed E-state index contributed by atoms with van der Waals surface area (Å²) >= 11 is 0. The average molecular weight is 402 g/mol. The van der Waals surface area contributed by atoms with Gasteiger partial charge in [0.2, 0.25) is 10.0 Å². The van der Waals surface area contributed by atoms with Gasteiger partial charge in [-0.1, -0.05) is 18.2 Å². The Morgan fingerprint density at radius 2 is 1.93 bits per heavy atom. The van der Waals surface area contributed by atoms with E-state index in [-0.39, 0.29) is 18.1 Å². The summed E-state index contributed by atoms with van der Waals surface area (Å²) in [5, 5.41) is 2.82. The van der Waals surface area contributed by atoms with Crippen molar-refractivity contribution in [3.8, 4) is 0 Å².